The van der Waals surface area contributed by atoms with Gasteiger partial charge < -0.3 is 15.0 Å². The van der Waals surface area contributed by atoms with E-state index in [2.05, 4.69) is 29.6 Å². The highest BCUT2D eigenvalue weighted by molar-refractivity contribution is 6.00. The molecule has 2 aromatic rings. The van der Waals surface area contributed by atoms with Crippen molar-refractivity contribution in [2.24, 2.45) is 5.92 Å². The van der Waals surface area contributed by atoms with Crippen molar-refractivity contribution < 1.29 is 19.1 Å². The van der Waals surface area contributed by atoms with Gasteiger partial charge in [0.1, 0.15) is 6.61 Å². The van der Waals surface area contributed by atoms with Crippen LogP contribution in [0.2, 0.25) is 0 Å². The van der Waals surface area contributed by atoms with E-state index in [0.717, 1.165) is 12.1 Å². The molecule has 148 valence electrons. The quantitative estimate of drug-likeness (QED) is 0.695. The maximum absolute atomic E-state index is 12.6. The van der Waals surface area contributed by atoms with Crippen LogP contribution >= 0.6 is 0 Å². The van der Waals surface area contributed by atoms with Crippen molar-refractivity contribution in [1.29, 1.82) is 0 Å². The SMILES string of the molecule is O=C1CC[C@@H](COC(=O)C2CC(=O)N(c3ccc4c(c3)Cc3ccccc3-4)C2)N1. The molecule has 1 N–H and O–H groups in total. The van der Waals surface area contributed by atoms with Gasteiger partial charge in [0, 0.05) is 25.1 Å². The second-order valence-corrected chi connectivity index (χ2v) is 8.01. The summed E-state index contributed by atoms with van der Waals surface area (Å²) in [6, 6.07) is 14.3. The van der Waals surface area contributed by atoms with Gasteiger partial charge in [0.25, 0.3) is 0 Å². The summed E-state index contributed by atoms with van der Waals surface area (Å²) < 4.78 is 5.37. The average Bonchev–Trinajstić information content (AvgIpc) is 3.42. The molecular weight excluding hydrogens is 368 g/mol. The zero-order chi connectivity index (χ0) is 20.0. The van der Waals surface area contributed by atoms with E-state index in [0.29, 0.717) is 19.4 Å². The van der Waals surface area contributed by atoms with E-state index in [4.69, 9.17) is 4.74 Å². The number of carbonyl (C=O) groups excluding carboxylic acids is 3. The summed E-state index contributed by atoms with van der Waals surface area (Å²) >= 11 is 0. The third-order valence-corrected chi connectivity index (χ3v) is 6.06. The van der Waals surface area contributed by atoms with Crippen molar-refractivity contribution in [3.8, 4) is 11.1 Å². The Hall–Kier alpha value is -3.15. The Morgan fingerprint density at radius 1 is 1.10 bits per heavy atom. The monoisotopic (exact) mass is 390 g/mol. The van der Waals surface area contributed by atoms with Crippen molar-refractivity contribution >= 4 is 23.5 Å². The van der Waals surface area contributed by atoms with Crippen LogP contribution in [-0.2, 0) is 25.5 Å². The third kappa shape index (κ3) is 3.28. The van der Waals surface area contributed by atoms with Crippen LogP contribution in [0.3, 0.4) is 0 Å². The summed E-state index contributed by atoms with van der Waals surface area (Å²) in [6.07, 6.45) is 2.17. The Bertz CT molecular complexity index is 1020. The fourth-order valence-corrected chi connectivity index (χ4v) is 4.52. The molecule has 0 bridgehead atoms. The molecule has 2 fully saturated rings. The van der Waals surface area contributed by atoms with Gasteiger partial charge in [-0.3, -0.25) is 14.4 Å². The van der Waals surface area contributed by atoms with Crippen molar-refractivity contribution in [2.45, 2.75) is 31.7 Å². The first-order valence-electron chi connectivity index (χ1n) is 10.1. The van der Waals surface area contributed by atoms with E-state index in [1.807, 2.05) is 18.2 Å². The molecule has 2 amide bonds. The molecule has 2 atom stereocenters. The molecule has 3 aliphatic rings. The highest BCUT2D eigenvalue weighted by atomic mass is 16.5. The van der Waals surface area contributed by atoms with Gasteiger partial charge in [-0.05, 0) is 47.2 Å². The van der Waals surface area contributed by atoms with E-state index in [9.17, 15) is 14.4 Å². The van der Waals surface area contributed by atoms with E-state index >= 15 is 0 Å². The predicted octanol–water partition coefficient (Wildman–Crippen LogP) is 2.43. The molecule has 6 heteroatoms. The van der Waals surface area contributed by atoms with Gasteiger partial charge in [-0.1, -0.05) is 30.3 Å². The number of anilines is 1. The summed E-state index contributed by atoms with van der Waals surface area (Å²) in [4.78, 5) is 37.9. The van der Waals surface area contributed by atoms with Crippen LogP contribution in [0.15, 0.2) is 42.5 Å². The van der Waals surface area contributed by atoms with E-state index < -0.39 is 5.92 Å². The molecule has 6 nitrogen and oxygen atoms in total. The number of hydrogen-bond donors (Lipinski definition) is 1. The summed E-state index contributed by atoms with van der Waals surface area (Å²) in [5.41, 5.74) is 5.81. The summed E-state index contributed by atoms with van der Waals surface area (Å²) in [6.45, 7) is 0.507. The van der Waals surface area contributed by atoms with Gasteiger partial charge in [0.2, 0.25) is 11.8 Å². The van der Waals surface area contributed by atoms with Gasteiger partial charge in [-0.2, -0.15) is 0 Å². The molecule has 1 aliphatic carbocycles. The standard InChI is InChI=1S/C23H22N2O4/c26-21-8-5-17(24-21)13-29-23(28)16-11-22(27)25(12-16)18-6-7-20-15(10-18)9-14-3-1-2-4-19(14)20/h1-4,6-7,10,16-17H,5,8-9,11-13H2,(H,24,26)/t16?,17-/m0/s1. The minimum absolute atomic E-state index is 0.00738. The molecule has 2 heterocycles. The number of amides is 2. The van der Waals surface area contributed by atoms with Gasteiger partial charge in [0.05, 0.1) is 12.0 Å². The van der Waals surface area contributed by atoms with Crippen molar-refractivity contribution in [2.75, 3.05) is 18.1 Å². The second-order valence-electron chi connectivity index (χ2n) is 8.01. The van der Waals surface area contributed by atoms with Crippen LogP contribution in [0, 0.1) is 5.92 Å². The number of fused-ring (bicyclic) bond motifs is 3. The summed E-state index contributed by atoms with van der Waals surface area (Å²) in [5, 5.41) is 2.78. The van der Waals surface area contributed by atoms with Crippen molar-refractivity contribution in [3.63, 3.8) is 0 Å². The zero-order valence-electron chi connectivity index (χ0n) is 16.0. The van der Waals surface area contributed by atoms with Crippen molar-refractivity contribution in [1.82, 2.24) is 5.32 Å². The molecule has 29 heavy (non-hydrogen) atoms. The Labute approximate surface area is 168 Å². The molecule has 0 aromatic heterocycles. The Morgan fingerprint density at radius 2 is 1.93 bits per heavy atom. The predicted molar refractivity (Wildman–Crippen MR) is 107 cm³/mol. The number of nitrogens with one attached hydrogen (secondary N) is 1. The number of nitrogens with zero attached hydrogens (tertiary/aromatic N) is 1. The molecule has 0 saturated carbocycles. The average molecular weight is 390 g/mol. The normalized spacial score (nSPS) is 22.4. The lowest BCUT2D eigenvalue weighted by Crippen LogP contribution is -2.32. The van der Waals surface area contributed by atoms with Gasteiger partial charge in [-0.15, -0.1) is 0 Å². The number of esters is 1. The molecular formula is C23H22N2O4. The topological polar surface area (TPSA) is 75.7 Å². The van der Waals surface area contributed by atoms with Crippen molar-refractivity contribution in [3.05, 3.63) is 53.6 Å². The third-order valence-electron chi connectivity index (χ3n) is 6.06. The molecule has 1 unspecified atom stereocenters. The van der Waals surface area contributed by atoms with Gasteiger partial charge >= 0.3 is 5.97 Å². The number of rotatable bonds is 4. The van der Waals surface area contributed by atoms with Crippen LogP contribution in [0.5, 0.6) is 0 Å². The lowest BCUT2D eigenvalue weighted by molar-refractivity contribution is -0.149. The zero-order valence-corrected chi connectivity index (χ0v) is 16.0. The van der Waals surface area contributed by atoms with Gasteiger partial charge in [-0.25, -0.2) is 0 Å². The molecule has 0 spiro atoms. The smallest absolute Gasteiger partial charge is 0.311 e. The van der Waals surface area contributed by atoms with Crippen LogP contribution < -0.4 is 10.2 Å². The highest BCUT2D eigenvalue weighted by Crippen LogP contribution is 2.39. The lowest BCUT2D eigenvalue weighted by Gasteiger charge is -2.18. The molecule has 2 aromatic carbocycles. The Kier molecular flexibility index (Phi) is 4.34. The maximum Gasteiger partial charge on any atom is 0.311 e. The largest absolute Gasteiger partial charge is 0.463 e. The van der Waals surface area contributed by atoms with E-state index in [-0.39, 0.29) is 36.9 Å². The molecule has 5 rings (SSSR count). The first-order chi connectivity index (χ1) is 14.1. The van der Waals surface area contributed by atoms with Crippen LogP contribution in [-0.4, -0.2) is 37.0 Å². The molecule has 0 radical (unpaired) electrons. The number of carbonyl (C=O) groups is 3. The molecule has 2 aliphatic heterocycles. The maximum atomic E-state index is 12.6. The fraction of sp³-hybridized carbons (Fsp3) is 0.348. The van der Waals surface area contributed by atoms with Gasteiger partial charge in [0.15, 0.2) is 0 Å². The lowest BCUT2D eigenvalue weighted by atomic mass is 10.1. The van der Waals surface area contributed by atoms with Crippen LogP contribution in [0.25, 0.3) is 11.1 Å². The summed E-state index contributed by atoms with van der Waals surface area (Å²) in [5.74, 6) is -0.899. The second kappa shape index (κ2) is 7.03. The number of hydrogen-bond acceptors (Lipinski definition) is 4. The Balaban J connectivity index is 1.26. The minimum Gasteiger partial charge on any atom is -0.463 e. The number of ether oxygens (including phenoxy) is 1. The fourth-order valence-electron chi connectivity index (χ4n) is 4.52. The molecule has 2 saturated heterocycles. The summed E-state index contributed by atoms with van der Waals surface area (Å²) in [7, 11) is 0. The minimum atomic E-state index is -0.468. The Morgan fingerprint density at radius 3 is 2.76 bits per heavy atom. The van der Waals surface area contributed by atoms with Crippen LogP contribution in [0.1, 0.15) is 30.4 Å². The van der Waals surface area contributed by atoms with Crippen LogP contribution in [0.4, 0.5) is 5.69 Å². The first kappa shape index (κ1) is 17.9. The first-order valence-corrected chi connectivity index (χ1v) is 10.1. The highest BCUT2D eigenvalue weighted by Gasteiger charge is 2.37. The van der Waals surface area contributed by atoms with E-state index in [1.54, 1.807) is 4.90 Å². The number of benzene rings is 2. The van der Waals surface area contributed by atoms with E-state index in [1.165, 1.54) is 22.3 Å².